The molecule has 0 radical (unpaired) electrons. The monoisotopic (exact) mass is 149 g/mol. The molecule has 11 heavy (non-hydrogen) atoms. The van der Waals surface area contributed by atoms with E-state index in [4.69, 9.17) is 10.5 Å². The maximum atomic E-state index is 8.50. The van der Waals surface area contributed by atoms with Gasteiger partial charge in [-0.15, -0.1) is 0 Å². The van der Waals surface area contributed by atoms with E-state index in [0.29, 0.717) is 18.7 Å². The predicted molar refractivity (Wildman–Crippen MR) is 43.0 cm³/mol. The van der Waals surface area contributed by atoms with E-state index in [0.717, 1.165) is 0 Å². The molecule has 58 valence electrons. The maximum absolute atomic E-state index is 8.50. The van der Waals surface area contributed by atoms with Crippen LogP contribution in [0.1, 0.15) is 20.3 Å². The highest BCUT2D eigenvalue weighted by Gasteiger charge is 2.10. The highest BCUT2D eigenvalue weighted by atomic mass is 14.7. The summed E-state index contributed by atoms with van der Waals surface area (Å²) in [5.74, 6) is -0.653. The average molecular weight is 149 g/mol. The summed E-state index contributed by atoms with van der Waals surface area (Å²) < 4.78 is 0. The quantitative estimate of drug-likeness (QED) is 0.571. The molecule has 0 fully saturated rings. The summed E-state index contributed by atoms with van der Waals surface area (Å²) in [6.07, 6.45) is 0.680. The topological polar surface area (TPSA) is 59.9 Å². The number of hydrogen-bond donors (Lipinski definition) is 0. The van der Waals surface area contributed by atoms with Crippen LogP contribution in [0.15, 0.2) is 4.99 Å². The summed E-state index contributed by atoms with van der Waals surface area (Å²) in [5, 5.41) is 17.0. The third-order valence-corrected chi connectivity index (χ3v) is 1.31. The molecule has 0 aromatic heterocycles. The first kappa shape index (κ1) is 9.65. The molecule has 0 aliphatic rings. The number of nitrogens with zero attached hydrogens (tertiary/aromatic N) is 3. The zero-order chi connectivity index (χ0) is 8.69. The SMILES string of the molecule is CCN=C(CC)C(C#N)C#N. The number of hydrogen-bond acceptors (Lipinski definition) is 3. The van der Waals surface area contributed by atoms with Gasteiger partial charge in [0.2, 0.25) is 0 Å². The first-order valence-corrected chi connectivity index (χ1v) is 3.62. The van der Waals surface area contributed by atoms with E-state index in [1.54, 1.807) is 0 Å². The molecule has 0 unspecified atom stereocenters. The Hall–Kier alpha value is -1.35. The van der Waals surface area contributed by atoms with Crippen LogP contribution < -0.4 is 0 Å². The van der Waals surface area contributed by atoms with Gasteiger partial charge in [0.25, 0.3) is 0 Å². The van der Waals surface area contributed by atoms with Crippen LogP contribution in [-0.2, 0) is 0 Å². The van der Waals surface area contributed by atoms with Crippen molar-refractivity contribution >= 4 is 5.71 Å². The smallest absolute Gasteiger partial charge is 0.170 e. The van der Waals surface area contributed by atoms with E-state index in [1.165, 1.54) is 0 Å². The van der Waals surface area contributed by atoms with E-state index in [2.05, 4.69) is 4.99 Å². The molecule has 0 atom stereocenters. The van der Waals surface area contributed by atoms with Crippen LogP contribution in [0.25, 0.3) is 0 Å². The molecule has 3 heteroatoms. The first-order chi connectivity index (χ1) is 5.29. The lowest BCUT2D eigenvalue weighted by Gasteiger charge is -2.00. The maximum Gasteiger partial charge on any atom is 0.170 e. The van der Waals surface area contributed by atoms with Gasteiger partial charge in [-0.1, -0.05) is 6.92 Å². The molecule has 0 aliphatic carbocycles. The lowest BCUT2D eigenvalue weighted by molar-refractivity contribution is 1.02. The van der Waals surface area contributed by atoms with Gasteiger partial charge >= 0.3 is 0 Å². The van der Waals surface area contributed by atoms with E-state index < -0.39 is 5.92 Å². The summed E-state index contributed by atoms with van der Waals surface area (Å²) in [6, 6.07) is 3.79. The predicted octanol–water partition coefficient (Wildman–Crippen LogP) is 1.52. The molecule has 0 heterocycles. The van der Waals surface area contributed by atoms with E-state index in [-0.39, 0.29) is 0 Å². The molecule has 0 N–H and O–H groups in total. The average Bonchev–Trinajstić information content (AvgIpc) is 2.05. The van der Waals surface area contributed by atoms with Gasteiger partial charge in [0.05, 0.1) is 12.1 Å². The van der Waals surface area contributed by atoms with Crippen molar-refractivity contribution in [2.75, 3.05) is 6.54 Å². The third-order valence-electron chi connectivity index (χ3n) is 1.31. The van der Waals surface area contributed by atoms with Crippen molar-refractivity contribution in [2.24, 2.45) is 10.9 Å². The molecule has 0 aromatic rings. The standard InChI is InChI=1S/C8H11N3/c1-3-8(11-4-2)7(5-9)6-10/h7H,3-4H2,1-2H3. The van der Waals surface area contributed by atoms with Crippen LogP contribution in [0, 0.1) is 28.6 Å². The Bertz CT molecular complexity index is 202. The van der Waals surface area contributed by atoms with Crippen LogP contribution in [0.4, 0.5) is 0 Å². The van der Waals surface area contributed by atoms with Crippen LogP contribution in [-0.4, -0.2) is 12.3 Å². The Balaban J connectivity index is 4.40. The summed E-state index contributed by atoms with van der Waals surface area (Å²) in [5.41, 5.74) is 0.692. The molecule has 0 saturated carbocycles. The minimum absolute atomic E-state index is 0.642. The van der Waals surface area contributed by atoms with Crippen molar-refractivity contribution in [3.05, 3.63) is 0 Å². The van der Waals surface area contributed by atoms with Crippen molar-refractivity contribution in [1.82, 2.24) is 0 Å². The lowest BCUT2D eigenvalue weighted by Crippen LogP contribution is -2.09. The van der Waals surface area contributed by atoms with Gasteiger partial charge in [-0.25, -0.2) is 0 Å². The summed E-state index contributed by atoms with van der Waals surface area (Å²) in [6.45, 7) is 4.43. The van der Waals surface area contributed by atoms with E-state index in [1.807, 2.05) is 26.0 Å². The zero-order valence-corrected chi connectivity index (χ0v) is 6.83. The largest absolute Gasteiger partial charge is 0.292 e. The Morgan fingerprint density at radius 2 is 1.91 bits per heavy atom. The summed E-state index contributed by atoms with van der Waals surface area (Å²) in [4.78, 5) is 4.06. The van der Waals surface area contributed by atoms with Crippen LogP contribution in [0.3, 0.4) is 0 Å². The van der Waals surface area contributed by atoms with Crippen molar-refractivity contribution in [2.45, 2.75) is 20.3 Å². The Kier molecular flexibility index (Phi) is 4.77. The molecule has 0 saturated heterocycles. The Labute approximate surface area is 67.0 Å². The van der Waals surface area contributed by atoms with Gasteiger partial charge in [0.1, 0.15) is 0 Å². The van der Waals surface area contributed by atoms with Gasteiger partial charge in [-0.05, 0) is 13.3 Å². The highest BCUT2D eigenvalue weighted by molar-refractivity contribution is 5.90. The van der Waals surface area contributed by atoms with Gasteiger partial charge in [-0.3, -0.25) is 4.99 Å². The van der Waals surface area contributed by atoms with Crippen molar-refractivity contribution in [3.63, 3.8) is 0 Å². The molecule has 0 aliphatic heterocycles. The summed E-state index contributed by atoms with van der Waals surface area (Å²) >= 11 is 0. The minimum Gasteiger partial charge on any atom is -0.292 e. The zero-order valence-electron chi connectivity index (χ0n) is 6.83. The second-order valence-electron chi connectivity index (χ2n) is 2.01. The fourth-order valence-corrected chi connectivity index (χ4v) is 0.788. The second kappa shape index (κ2) is 5.44. The van der Waals surface area contributed by atoms with Crippen LogP contribution >= 0.6 is 0 Å². The molecule has 0 amide bonds. The summed E-state index contributed by atoms with van der Waals surface area (Å²) in [7, 11) is 0. The number of nitriles is 2. The fraction of sp³-hybridized carbons (Fsp3) is 0.625. The van der Waals surface area contributed by atoms with Crippen LogP contribution in [0.2, 0.25) is 0 Å². The van der Waals surface area contributed by atoms with Gasteiger partial charge in [0.15, 0.2) is 5.92 Å². The first-order valence-electron chi connectivity index (χ1n) is 3.62. The van der Waals surface area contributed by atoms with Crippen molar-refractivity contribution in [1.29, 1.82) is 10.5 Å². The molecule has 0 bridgehead atoms. The molecular formula is C8H11N3. The Morgan fingerprint density at radius 1 is 1.36 bits per heavy atom. The van der Waals surface area contributed by atoms with Gasteiger partial charge in [0, 0.05) is 12.3 Å². The molecule has 0 rings (SSSR count). The number of rotatable bonds is 3. The second-order valence-corrected chi connectivity index (χ2v) is 2.01. The fourth-order valence-electron chi connectivity index (χ4n) is 0.788. The van der Waals surface area contributed by atoms with Gasteiger partial charge < -0.3 is 0 Å². The molecular weight excluding hydrogens is 138 g/mol. The van der Waals surface area contributed by atoms with E-state index >= 15 is 0 Å². The molecule has 0 spiro atoms. The van der Waals surface area contributed by atoms with Crippen LogP contribution in [0.5, 0.6) is 0 Å². The van der Waals surface area contributed by atoms with Crippen molar-refractivity contribution in [3.8, 4) is 12.1 Å². The normalized spacial score (nSPS) is 10.8. The van der Waals surface area contributed by atoms with E-state index in [9.17, 15) is 0 Å². The third kappa shape index (κ3) is 2.82. The van der Waals surface area contributed by atoms with Crippen molar-refractivity contribution < 1.29 is 0 Å². The number of aliphatic imine (C=N–C) groups is 1. The Morgan fingerprint density at radius 3 is 2.18 bits per heavy atom. The minimum atomic E-state index is -0.653. The molecule has 0 aromatic carbocycles. The molecule has 3 nitrogen and oxygen atoms in total. The van der Waals surface area contributed by atoms with Gasteiger partial charge in [-0.2, -0.15) is 10.5 Å². The lowest BCUT2D eigenvalue weighted by atomic mass is 10.1. The highest BCUT2D eigenvalue weighted by Crippen LogP contribution is 2.00.